The van der Waals surface area contributed by atoms with Crippen LogP contribution in [0.4, 0.5) is 11.5 Å². The molecule has 10 heteroatoms. The Balaban J connectivity index is 1.56. The molecule has 0 aliphatic carbocycles. The molecular weight excluding hydrogens is 358 g/mol. The van der Waals surface area contributed by atoms with Crippen molar-refractivity contribution in [3.63, 3.8) is 0 Å². The van der Waals surface area contributed by atoms with E-state index in [0.29, 0.717) is 6.54 Å². The third-order valence-electron chi connectivity index (χ3n) is 4.39. The highest BCUT2D eigenvalue weighted by atomic mass is 32.2. The summed E-state index contributed by atoms with van der Waals surface area (Å²) in [7, 11) is -3.77. The topological polar surface area (TPSA) is 118 Å². The van der Waals surface area contributed by atoms with Crippen molar-refractivity contribution in [2.24, 2.45) is 5.92 Å². The summed E-state index contributed by atoms with van der Waals surface area (Å²) in [6, 6.07) is 5.05. The molecule has 0 radical (unpaired) electrons. The fraction of sp³-hybridized carbons (Fsp3) is 0.375. The number of nitrogens with one attached hydrogen (secondary N) is 1. The molecule has 3 rings (SSSR count). The van der Waals surface area contributed by atoms with Crippen molar-refractivity contribution in [2.45, 2.75) is 17.7 Å². The second-order valence-corrected chi connectivity index (χ2v) is 7.87. The number of aromatic nitrogens is 2. The molecule has 2 aromatic rings. The van der Waals surface area contributed by atoms with Crippen LogP contribution in [-0.4, -0.2) is 42.9 Å². The van der Waals surface area contributed by atoms with Crippen LogP contribution in [-0.2, 0) is 10.0 Å². The number of sulfonamides is 1. The first-order chi connectivity index (χ1) is 12.5. The molecule has 26 heavy (non-hydrogen) atoms. The van der Waals surface area contributed by atoms with Crippen molar-refractivity contribution in [3.8, 4) is 0 Å². The van der Waals surface area contributed by atoms with Gasteiger partial charge in [0.1, 0.15) is 5.82 Å². The summed E-state index contributed by atoms with van der Waals surface area (Å²) in [5.74, 6) is 1.03. The Morgan fingerprint density at radius 2 is 2.04 bits per heavy atom. The quantitative estimate of drug-likeness (QED) is 0.599. The summed E-state index contributed by atoms with van der Waals surface area (Å²) in [5.41, 5.74) is -0.245. The van der Waals surface area contributed by atoms with Gasteiger partial charge in [-0.25, -0.2) is 18.1 Å². The van der Waals surface area contributed by atoms with E-state index in [0.717, 1.165) is 37.8 Å². The largest absolute Gasteiger partial charge is 0.355 e. The lowest BCUT2D eigenvalue weighted by atomic mass is 9.97. The van der Waals surface area contributed by atoms with Crippen molar-refractivity contribution < 1.29 is 13.3 Å². The zero-order chi connectivity index (χ0) is 18.6. The number of nitrogens with zero attached hydrogens (tertiary/aromatic N) is 4. The van der Waals surface area contributed by atoms with Gasteiger partial charge in [0, 0.05) is 44.2 Å². The first-order valence-electron chi connectivity index (χ1n) is 8.21. The fourth-order valence-corrected chi connectivity index (χ4v) is 4.05. The lowest BCUT2D eigenvalue weighted by molar-refractivity contribution is -0.385. The van der Waals surface area contributed by atoms with Gasteiger partial charge in [0.15, 0.2) is 0 Å². The Morgan fingerprint density at radius 1 is 1.27 bits per heavy atom. The molecular formula is C16H19N5O4S. The van der Waals surface area contributed by atoms with E-state index in [2.05, 4.69) is 19.6 Å². The van der Waals surface area contributed by atoms with Gasteiger partial charge in [0.2, 0.25) is 10.0 Å². The van der Waals surface area contributed by atoms with Crippen molar-refractivity contribution in [3.05, 3.63) is 53.0 Å². The van der Waals surface area contributed by atoms with Crippen LogP contribution >= 0.6 is 0 Å². The van der Waals surface area contributed by atoms with Crippen LogP contribution in [0.2, 0.25) is 0 Å². The molecule has 1 fully saturated rings. The first-order valence-corrected chi connectivity index (χ1v) is 9.69. The van der Waals surface area contributed by atoms with E-state index in [1.165, 1.54) is 18.2 Å². The monoisotopic (exact) mass is 377 g/mol. The lowest BCUT2D eigenvalue weighted by Crippen LogP contribution is -2.39. The maximum absolute atomic E-state index is 12.4. The number of nitro benzene ring substituents is 1. The highest BCUT2D eigenvalue weighted by molar-refractivity contribution is 7.89. The van der Waals surface area contributed by atoms with Crippen molar-refractivity contribution >= 4 is 21.5 Å². The van der Waals surface area contributed by atoms with Gasteiger partial charge >= 0.3 is 0 Å². The molecule has 0 bridgehead atoms. The minimum Gasteiger partial charge on any atom is -0.355 e. The van der Waals surface area contributed by atoms with Gasteiger partial charge in [0.05, 0.1) is 16.0 Å². The van der Waals surface area contributed by atoms with Crippen LogP contribution in [0.15, 0.2) is 47.8 Å². The molecule has 138 valence electrons. The van der Waals surface area contributed by atoms with E-state index < -0.39 is 14.9 Å². The van der Waals surface area contributed by atoms with E-state index in [1.54, 1.807) is 18.6 Å². The van der Waals surface area contributed by atoms with Crippen molar-refractivity contribution in [1.82, 2.24) is 14.7 Å². The Hall–Kier alpha value is -2.59. The molecule has 1 aromatic heterocycles. The van der Waals surface area contributed by atoms with Gasteiger partial charge in [-0.1, -0.05) is 6.07 Å². The highest BCUT2D eigenvalue weighted by Crippen LogP contribution is 2.22. The minimum atomic E-state index is -3.77. The summed E-state index contributed by atoms with van der Waals surface area (Å²) >= 11 is 0. The minimum absolute atomic E-state index is 0.0938. The number of rotatable bonds is 6. The van der Waals surface area contributed by atoms with Crippen LogP contribution in [0, 0.1) is 16.0 Å². The second kappa shape index (κ2) is 7.75. The van der Waals surface area contributed by atoms with E-state index in [1.807, 2.05) is 0 Å². The lowest BCUT2D eigenvalue weighted by Gasteiger charge is -2.32. The molecule has 1 saturated heterocycles. The Bertz CT molecular complexity index is 867. The van der Waals surface area contributed by atoms with Gasteiger partial charge in [-0.05, 0) is 24.8 Å². The number of piperidine rings is 1. The van der Waals surface area contributed by atoms with Gasteiger partial charge in [-0.3, -0.25) is 15.1 Å². The van der Waals surface area contributed by atoms with Gasteiger partial charge in [-0.2, -0.15) is 0 Å². The van der Waals surface area contributed by atoms with E-state index in [9.17, 15) is 18.5 Å². The van der Waals surface area contributed by atoms with Crippen molar-refractivity contribution in [1.29, 1.82) is 0 Å². The smallest absolute Gasteiger partial charge is 0.270 e. The van der Waals surface area contributed by atoms with Gasteiger partial charge in [-0.15, -0.1) is 0 Å². The van der Waals surface area contributed by atoms with Crippen LogP contribution in [0.1, 0.15) is 12.8 Å². The standard InChI is InChI=1S/C16H19N5O4S/c22-21(23)14-2-1-3-15(10-14)26(24,25)19-11-13-4-8-20(9-5-13)16-12-17-6-7-18-16/h1-3,6-7,10,12-13,19H,4-5,8-9,11H2. The maximum Gasteiger partial charge on any atom is 0.270 e. The third-order valence-corrected chi connectivity index (χ3v) is 5.81. The number of nitro groups is 1. The van der Waals surface area contributed by atoms with Crippen LogP contribution in [0.25, 0.3) is 0 Å². The highest BCUT2D eigenvalue weighted by Gasteiger charge is 2.23. The molecule has 1 aliphatic heterocycles. The normalized spacial score (nSPS) is 15.8. The summed E-state index contributed by atoms with van der Waals surface area (Å²) in [4.78, 5) is 20.6. The van der Waals surface area contributed by atoms with Crippen molar-refractivity contribution in [2.75, 3.05) is 24.5 Å². The Kier molecular flexibility index (Phi) is 5.43. The molecule has 2 heterocycles. The SMILES string of the molecule is O=[N+]([O-])c1cccc(S(=O)(=O)NCC2CCN(c3cnccn3)CC2)c1. The fourth-order valence-electron chi connectivity index (χ4n) is 2.90. The molecule has 0 spiro atoms. The number of hydrogen-bond donors (Lipinski definition) is 1. The molecule has 0 unspecified atom stereocenters. The zero-order valence-corrected chi connectivity index (χ0v) is 14.8. The number of anilines is 1. The number of hydrogen-bond acceptors (Lipinski definition) is 7. The predicted octanol–water partition coefficient (Wildman–Crippen LogP) is 1.58. The molecule has 0 saturated carbocycles. The molecule has 1 aliphatic rings. The third kappa shape index (κ3) is 4.33. The number of benzene rings is 1. The van der Waals surface area contributed by atoms with E-state index in [-0.39, 0.29) is 16.5 Å². The summed E-state index contributed by atoms with van der Waals surface area (Å²) < 4.78 is 27.3. The molecule has 9 nitrogen and oxygen atoms in total. The Morgan fingerprint density at radius 3 is 2.69 bits per heavy atom. The van der Waals surface area contributed by atoms with Crippen LogP contribution in [0.5, 0.6) is 0 Å². The number of non-ortho nitro benzene ring substituents is 1. The van der Waals surface area contributed by atoms with E-state index >= 15 is 0 Å². The average molecular weight is 377 g/mol. The summed E-state index contributed by atoms with van der Waals surface area (Å²) in [6.45, 7) is 1.86. The van der Waals surface area contributed by atoms with Gasteiger partial charge < -0.3 is 4.90 Å². The molecule has 1 aromatic carbocycles. The van der Waals surface area contributed by atoms with Gasteiger partial charge in [0.25, 0.3) is 5.69 Å². The second-order valence-electron chi connectivity index (χ2n) is 6.10. The van der Waals surface area contributed by atoms with Crippen LogP contribution in [0.3, 0.4) is 0 Å². The molecule has 1 N–H and O–H groups in total. The zero-order valence-electron chi connectivity index (χ0n) is 14.0. The van der Waals surface area contributed by atoms with Crippen LogP contribution < -0.4 is 9.62 Å². The molecule has 0 amide bonds. The molecule has 0 atom stereocenters. The maximum atomic E-state index is 12.4. The summed E-state index contributed by atoms with van der Waals surface area (Å²) in [5, 5.41) is 10.8. The Labute approximate surface area is 151 Å². The predicted molar refractivity (Wildman–Crippen MR) is 95.3 cm³/mol. The summed E-state index contributed by atoms with van der Waals surface area (Å²) in [6.07, 6.45) is 6.64. The van der Waals surface area contributed by atoms with E-state index in [4.69, 9.17) is 0 Å². The first kappa shape index (κ1) is 18.2. The average Bonchev–Trinajstić information content (AvgIpc) is 2.68.